The van der Waals surface area contributed by atoms with E-state index in [-0.39, 0.29) is 5.69 Å². The first kappa shape index (κ1) is 21.3. The quantitative estimate of drug-likeness (QED) is 0.497. The van der Waals surface area contributed by atoms with E-state index in [1.165, 1.54) is 6.07 Å². The van der Waals surface area contributed by atoms with Gasteiger partial charge in [0.2, 0.25) is 9.84 Å². The molecule has 156 valence electrons. The molecule has 0 unspecified atom stereocenters. The number of rotatable bonds is 6. The molecule has 8 nitrogen and oxygen atoms in total. The van der Waals surface area contributed by atoms with E-state index in [4.69, 9.17) is 11.6 Å². The number of alkyl halides is 2. The van der Waals surface area contributed by atoms with Crippen LogP contribution in [0.15, 0.2) is 41.4 Å². The molecule has 1 fully saturated rings. The Morgan fingerprint density at radius 3 is 2.41 bits per heavy atom. The number of benzene rings is 1. The van der Waals surface area contributed by atoms with Crippen LogP contribution in [-0.2, 0) is 16.4 Å². The summed E-state index contributed by atoms with van der Waals surface area (Å²) in [5.74, 6) is -3.64. The van der Waals surface area contributed by atoms with Gasteiger partial charge in [0.25, 0.3) is 5.69 Å². The molecule has 29 heavy (non-hydrogen) atoms. The molecule has 2 heterocycles. The summed E-state index contributed by atoms with van der Waals surface area (Å²) in [4.78, 5) is 18.0. The molecule has 0 atom stereocenters. The van der Waals surface area contributed by atoms with Gasteiger partial charge in [0, 0.05) is 45.0 Å². The Kier molecular flexibility index (Phi) is 6.30. The molecule has 1 aliphatic heterocycles. The van der Waals surface area contributed by atoms with Crippen LogP contribution in [0.2, 0.25) is 5.02 Å². The Bertz CT molecular complexity index is 997. The maximum Gasteiger partial charge on any atom is 0.341 e. The fourth-order valence-corrected chi connectivity index (χ4v) is 3.92. The van der Waals surface area contributed by atoms with Crippen LogP contribution in [0.25, 0.3) is 0 Å². The molecule has 0 radical (unpaired) electrons. The van der Waals surface area contributed by atoms with Crippen LogP contribution < -0.4 is 4.90 Å². The fourth-order valence-electron chi connectivity index (χ4n) is 3.07. The topological polar surface area (TPSA) is 96.6 Å². The third kappa shape index (κ3) is 4.80. The van der Waals surface area contributed by atoms with Crippen molar-refractivity contribution < 1.29 is 22.1 Å². The van der Waals surface area contributed by atoms with E-state index < -0.39 is 31.1 Å². The van der Waals surface area contributed by atoms with E-state index >= 15 is 0 Å². The van der Waals surface area contributed by atoms with E-state index in [9.17, 15) is 27.3 Å². The highest BCUT2D eigenvalue weighted by atomic mass is 35.5. The lowest BCUT2D eigenvalue weighted by molar-refractivity contribution is -0.384. The van der Waals surface area contributed by atoms with E-state index in [2.05, 4.69) is 9.88 Å². The smallest absolute Gasteiger partial charge is 0.341 e. The summed E-state index contributed by atoms with van der Waals surface area (Å²) < 4.78 is 48.7. The van der Waals surface area contributed by atoms with Gasteiger partial charge >= 0.3 is 5.76 Å². The van der Waals surface area contributed by atoms with Crippen LogP contribution in [0.5, 0.6) is 0 Å². The zero-order chi connectivity index (χ0) is 21.2. The first-order valence-corrected chi connectivity index (χ1v) is 10.5. The Hall–Kier alpha value is -2.37. The van der Waals surface area contributed by atoms with Gasteiger partial charge in [-0.2, -0.15) is 8.78 Å². The number of anilines is 1. The van der Waals surface area contributed by atoms with Crippen molar-refractivity contribution in [1.29, 1.82) is 0 Å². The summed E-state index contributed by atoms with van der Waals surface area (Å²) in [7, 11) is -4.91. The lowest BCUT2D eigenvalue weighted by Crippen LogP contribution is -2.46. The van der Waals surface area contributed by atoms with Gasteiger partial charge in [0.1, 0.15) is 5.69 Å². The van der Waals surface area contributed by atoms with E-state index in [0.29, 0.717) is 43.8 Å². The number of sulfone groups is 1. The number of nitro benzene ring substituents is 1. The molecule has 1 saturated heterocycles. The molecular weight excluding hydrogens is 430 g/mol. The van der Waals surface area contributed by atoms with Crippen molar-refractivity contribution in [3.05, 3.63) is 57.4 Å². The minimum atomic E-state index is -4.91. The Balaban J connectivity index is 1.74. The van der Waals surface area contributed by atoms with Crippen molar-refractivity contribution in [3.8, 4) is 0 Å². The molecule has 1 aliphatic rings. The monoisotopic (exact) mass is 446 g/mol. The van der Waals surface area contributed by atoms with E-state index in [0.717, 1.165) is 11.8 Å². The molecule has 3 rings (SSSR count). The SMILES string of the molecule is O=[N+]([O-])c1cc(S(=O)(=O)C(F)F)ccc1N1CCN(Cc2ccc(Cl)cn2)CC1. The fraction of sp³-hybridized carbons (Fsp3) is 0.353. The average Bonchev–Trinajstić information content (AvgIpc) is 2.69. The maximum atomic E-state index is 12.7. The van der Waals surface area contributed by atoms with Crippen molar-refractivity contribution in [2.75, 3.05) is 31.1 Å². The molecule has 0 N–H and O–H groups in total. The number of piperazine rings is 1. The van der Waals surface area contributed by atoms with Crippen LogP contribution >= 0.6 is 11.6 Å². The zero-order valence-electron chi connectivity index (χ0n) is 15.0. The van der Waals surface area contributed by atoms with Gasteiger partial charge in [-0.25, -0.2) is 8.42 Å². The molecule has 12 heteroatoms. The minimum Gasteiger partial charge on any atom is -0.363 e. The van der Waals surface area contributed by atoms with Crippen molar-refractivity contribution in [2.45, 2.75) is 17.2 Å². The largest absolute Gasteiger partial charge is 0.363 e. The van der Waals surface area contributed by atoms with Crippen LogP contribution in [0, 0.1) is 10.1 Å². The number of hydrogen-bond acceptors (Lipinski definition) is 7. The molecule has 0 saturated carbocycles. The van der Waals surface area contributed by atoms with Crippen LogP contribution in [0.4, 0.5) is 20.2 Å². The van der Waals surface area contributed by atoms with Crippen molar-refractivity contribution >= 4 is 32.8 Å². The van der Waals surface area contributed by atoms with Crippen LogP contribution in [-0.4, -0.2) is 55.2 Å². The summed E-state index contributed by atoms with van der Waals surface area (Å²) in [6.45, 7) is 2.69. The van der Waals surface area contributed by atoms with Gasteiger partial charge in [-0.05, 0) is 24.3 Å². The molecule has 2 aromatic rings. The Labute approximate surface area is 170 Å². The Morgan fingerprint density at radius 2 is 1.86 bits per heavy atom. The molecule has 0 amide bonds. The Morgan fingerprint density at radius 1 is 1.17 bits per heavy atom. The van der Waals surface area contributed by atoms with Gasteiger partial charge in [-0.3, -0.25) is 20.0 Å². The van der Waals surface area contributed by atoms with Crippen molar-refractivity contribution in [1.82, 2.24) is 9.88 Å². The standard InChI is InChI=1S/C17H17ClF2N4O4S/c18-12-1-2-13(21-10-12)11-22-5-7-23(8-6-22)15-4-3-14(9-16(15)24(25)26)29(27,28)17(19)20/h1-4,9-10,17H,5-8,11H2. The van der Waals surface area contributed by atoms with E-state index in [1.807, 2.05) is 6.07 Å². The molecular formula is C17H17ClF2N4O4S. The molecule has 1 aromatic heterocycles. The highest BCUT2D eigenvalue weighted by Crippen LogP contribution is 2.33. The third-order valence-corrected chi connectivity index (χ3v) is 6.20. The number of hydrogen-bond donors (Lipinski definition) is 0. The maximum absolute atomic E-state index is 12.7. The minimum absolute atomic E-state index is 0.201. The normalized spacial score (nSPS) is 15.7. The first-order valence-electron chi connectivity index (χ1n) is 8.56. The zero-order valence-corrected chi connectivity index (χ0v) is 16.6. The average molecular weight is 447 g/mol. The number of pyridine rings is 1. The van der Waals surface area contributed by atoms with Crippen LogP contribution in [0.1, 0.15) is 5.69 Å². The second kappa shape index (κ2) is 8.56. The second-order valence-corrected chi connectivity index (χ2v) is 8.80. The second-order valence-electron chi connectivity index (χ2n) is 6.44. The number of halogens is 3. The molecule has 0 spiro atoms. The van der Waals surface area contributed by atoms with Crippen molar-refractivity contribution in [3.63, 3.8) is 0 Å². The summed E-state index contributed by atoms with van der Waals surface area (Å²) in [6, 6.07) is 6.46. The predicted octanol–water partition coefficient (Wildman–Crippen LogP) is 2.96. The molecule has 0 aliphatic carbocycles. The highest BCUT2D eigenvalue weighted by molar-refractivity contribution is 7.91. The van der Waals surface area contributed by atoms with Gasteiger partial charge < -0.3 is 4.90 Å². The van der Waals surface area contributed by atoms with Gasteiger partial charge in [0.15, 0.2) is 0 Å². The third-order valence-electron chi connectivity index (χ3n) is 4.59. The predicted molar refractivity (Wildman–Crippen MR) is 103 cm³/mol. The first-order chi connectivity index (χ1) is 13.7. The van der Waals surface area contributed by atoms with E-state index in [1.54, 1.807) is 17.2 Å². The molecule has 0 bridgehead atoms. The summed E-state index contributed by atoms with van der Waals surface area (Å²) >= 11 is 5.82. The number of nitro groups is 1. The van der Waals surface area contributed by atoms with Gasteiger partial charge in [-0.15, -0.1) is 0 Å². The summed E-state index contributed by atoms with van der Waals surface area (Å²) in [5.41, 5.74) is 0.530. The van der Waals surface area contributed by atoms with Gasteiger partial charge in [0.05, 0.1) is 20.5 Å². The lowest BCUT2D eigenvalue weighted by atomic mass is 10.2. The van der Waals surface area contributed by atoms with Crippen molar-refractivity contribution in [2.24, 2.45) is 0 Å². The molecule has 1 aromatic carbocycles. The lowest BCUT2D eigenvalue weighted by Gasteiger charge is -2.35. The highest BCUT2D eigenvalue weighted by Gasteiger charge is 2.31. The van der Waals surface area contributed by atoms with Gasteiger partial charge in [-0.1, -0.05) is 11.6 Å². The number of aromatic nitrogens is 1. The van der Waals surface area contributed by atoms with Crippen LogP contribution in [0.3, 0.4) is 0 Å². The summed E-state index contributed by atoms with van der Waals surface area (Å²) in [5, 5.41) is 12.0. The number of nitrogens with zero attached hydrogens (tertiary/aromatic N) is 4. The summed E-state index contributed by atoms with van der Waals surface area (Å²) in [6.07, 6.45) is 1.56.